The lowest BCUT2D eigenvalue weighted by molar-refractivity contribution is -0.115. The lowest BCUT2D eigenvalue weighted by Crippen LogP contribution is -2.53. The summed E-state index contributed by atoms with van der Waals surface area (Å²) < 4.78 is 0. The predicted molar refractivity (Wildman–Crippen MR) is 83.0 cm³/mol. The van der Waals surface area contributed by atoms with Crippen molar-refractivity contribution in [2.45, 2.75) is 38.6 Å². The van der Waals surface area contributed by atoms with E-state index in [9.17, 15) is 9.59 Å². The number of nitrogens with one attached hydrogen (secondary N) is 2. The molecule has 21 heavy (non-hydrogen) atoms. The fourth-order valence-electron chi connectivity index (χ4n) is 2.36. The SMILES string of the molecule is CCC(=O)Nc1cccc(C(=O)NC(C)(CN)C2CC2)c1. The van der Waals surface area contributed by atoms with Crippen LogP contribution in [0.4, 0.5) is 5.69 Å². The van der Waals surface area contributed by atoms with Crippen LogP contribution in [-0.2, 0) is 4.79 Å². The summed E-state index contributed by atoms with van der Waals surface area (Å²) in [5, 5.41) is 5.79. The molecule has 1 aromatic rings. The van der Waals surface area contributed by atoms with Crippen LogP contribution >= 0.6 is 0 Å². The van der Waals surface area contributed by atoms with E-state index in [2.05, 4.69) is 10.6 Å². The van der Waals surface area contributed by atoms with Gasteiger partial charge in [0.25, 0.3) is 5.91 Å². The Kier molecular flexibility index (Phi) is 4.63. The van der Waals surface area contributed by atoms with Gasteiger partial charge >= 0.3 is 0 Å². The number of carbonyl (C=O) groups is 2. The maximum Gasteiger partial charge on any atom is 0.251 e. The van der Waals surface area contributed by atoms with Gasteiger partial charge in [0.15, 0.2) is 0 Å². The number of anilines is 1. The molecule has 1 aliphatic carbocycles. The zero-order valence-corrected chi connectivity index (χ0v) is 12.6. The minimum Gasteiger partial charge on any atom is -0.345 e. The van der Waals surface area contributed by atoms with Crippen molar-refractivity contribution < 1.29 is 9.59 Å². The molecule has 1 saturated carbocycles. The Labute approximate surface area is 125 Å². The van der Waals surface area contributed by atoms with Gasteiger partial charge in [0.2, 0.25) is 5.91 Å². The van der Waals surface area contributed by atoms with Crippen molar-refractivity contribution in [3.63, 3.8) is 0 Å². The molecule has 2 amide bonds. The molecule has 0 radical (unpaired) electrons. The molecule has 114 valence electrons. The molecule has 1 fully saturated rings. The van der Waals surface area contributed by atoms with Crippen LogP contribution in [0.15, 0.2) is 24.3 Å². The fraction of sp³-hybridized carbons (Fsp3) is 0.500. The van der Waals surface area contributed by atoms with E-state index in [1.807, 2.05) is 6.92 Å². The highest BCUT2D eigenvalue weighted by Gasteiger charge is 2.41. The number of benzene rings is 1. The summed E-state index contributed by atoms with van der Waals surface area (Å²) in [5.41, 5.74) is 6.64. The van der Waals surface area contributed by atoms with Crippen molar-refractivity contribution >= 4 is 17.5 Å². The number of amides is 2. The van der Waals surface area contributed by atoms with Gasteiger partial charge in [-0.2, -0.15) is 0 Å². The molecule has 5 nitrogen and oxygen atoms in total. The van der Waals surface area contributed by atoms with E-state index in [-0.39, 0.29) is 17.4 Å². The van der Waals surface area contributed by atoms with Crippen molar-refractivity contribution in [3.8, 4) is 0 Å². The average molecular weight is 289 g/mol. The summed E-state index contributed by atoms with van der Waals surface area (Å²) in [4.78, 5) is 23.8. The predicted octanol–water partition coefficient (Wildman–Crippen LogP) is 1.89. The molecule has 5 heteroatoms. The van der Waals surface area contributed by atoms with Crippen molar-refractivity contribution in [2.75, 3.05) is 11.9 Å². The molecule has 0 aromatic heterocycles. The Bertz CT molecular complexity index is 540. The molecule has 0 heterocycles. The number of hydrogen-bond donors (Lipinski definition) is 3. The lowest BCUT2D eigenvalue weighted by Gasteiger charge is -2.29. The highest BCUT2D eigenvalue weighted by molar-refractivity contribution is 5.97. The van der Waals surface area contributed by atoms with Crippen LogP contribution in [0.2, 0.25) is 0 Å². The first kappa shape index (κ1) is 15.5. The molecule has 4 N–H and O–H groups in total. The highest BCUT2D eigenvalue weighted by Crippen LogP contribution is 2.39. The number of carbonyl (C=O) groups excluding carboxylic acids is 2. The summed E-state index contributed by atoms with van der Waals surface area (Å²) in [6, 6.07) is 6.96. The standard InChI is InChI=1S/C16H23N3O2/c1-3-14(20)18-13-6-4-5-11(9-13)15(21)19-16(2,10-17)12-7-8-12/h4-6,9,12H,3,7-8,10,17H2,1-2H3,(H,18,20)(H,19,21). The topological polar surface area (TPSA) is 84.2 Å². The molecule has 2 rings (SSSR count). The molecular formula is C16H23N3O2. The quantitative estimate of drug-likeness (QED) is 0.747. The summed E-state index contributed by atoms with van der Waals surface area (Å²) in [7, 11) is 0. The Balaban J connectivity index is 2.08. The first-order chi connectivity index (χ1) is 9.98. The van der Waals surface area contributed by atoms with Gasteiger partial charge < -0.3 is 16.4 Å². The molecule has 1 aliphatic rings. The van der Waals surface area contributed by atoms with E-state index in [0.29, 0.717) is 30.1 Å². The van der Waals surface area contributed by atoms with Gasteiger partial charge in [-0.15, -0.1) is 0 Å². The molecule has 1 unspecified atom stereocenters. The third kappa shape index (κ3) is 3.82. The van der Waals surface area contributed by atoms with Crippen molar-refractivity contribution in [1.29, 1.82) is 0 Å². The van der Waals surface area contributed by atoms with Crippen LogP contribution < -0.4 is 16.4 Å². The highest BCUT2D eigenvalue weighted by atomic mass is 16.2. The number of hydrogen-bond acceptors (Lipinski definition) is 3. The molecule has 0 saturated heterocycles. The van der Waals surface area contributed by atoms with Gasteiger partial charge in [-0.05, 0) is 43.9 Å². The summed E-state index contributed by atoms with van der Waals surface area (Å²) in [5.74, 6) is 0.245. The summed E-state index contributed by atoms with van der Waals surface area (Å²) >= 11 is 0. The molecule has 1 aromatic carbocycles. The average Bonchev–Trinajstić information content (AvgIpc) is 3.32. The third-order valence-corrected chi connectivity index (χ3v) is 4.03. The van der Waals surface area contributed by atoms with Crippen molar-refractivity contribution in [3.05, 3.63) is 29.8 Å². The van der Waals surface area contributed by atoms with Gasteiger partial charge in [-0.25, -0.2) is 0 Å². The maximum atomic E-state index is 12.4. The van der Waals surface area contributed by atoms with E-state index < -0.39 is 0 Å². The lowest BCUT2D eigenvalue weighted by atomic mass is 9.95. The second kappa shape index (κ2) is 6.26. The Morgan fingerprint density at radius 1 is 1.38 bits per heavy atom. The largest absolute Gasteiger partial charge is 0.345 e. The van der Waals surface area contributed by atoms with Crippen LogP contribution in [-0.4, -0.2) is 23.9 Å². The van der Waals surface area contributed by atoms with E-state index in [1.165, 1.54) is 0 Å². The van der Waals surface area contributed by atoms with Crippen LogP contribution in [0.3, 0.4) is 0 Å². The smallest absolute Gasteiger partial charge is 0.251 e. The van der Waals surface area contributed by atoms with Gasteiger partial charge in [0, 0.05) is 24.2 Å². The molecule has 0 aliphatic heterocycles. The zero-order chi connectivity index (χ0) is 15.5. The van der Waals surface area contributed by atoms with E-state index >= 15 is 0 Å². The van der Waals surface area contributed by atoms with E-state index in [4.69, 9.17) is 5.73 Å². The Morgan fingerprint density at radius 3 is 2.67 bits per heavy atom. The Hall–Kier alpha value is -1.88. The zero-order valence-electron chi connectivity index (χ0n) is 12.6. The van der Waals surface area contributed by atoms with Gasteiger partial charge in [0.05, 0.1) is 5.54 Å². The number of nitrogens with two attached hydrogens (primary N) is 1. The van der Waals surface area contributed by atoms with Crippen LogP contribution in [0.1, 0.15) is 43.5 Å². The molecule has 0 spiro atoms. The number of rotatable bonds is 6. The van der Waals surface area contributed by atoms with Crippen molar-refractivity contribution in [2.24, 2.45) is 11.7 Å². The maximum absolute atomic E-state index is 12.4. The summed E-state index contributed by atoms with van der Waals surface area (Å²) in [6.07, 6.45) is 2.63. The third-order valence-electron chi connectivity index (χ3n) is 4.03. The Morgan fingerprint density at radius 2 is 2.10 bits per heavy atom. The summed E-state index contributed by atoms with van der Waals surface area (Å²) in [6.45, 7) is 4.20. The minimum atomic E-state index is -0.347. The minimum absolute atomic E-state index is 0.0719. The van der Waals surface area contributed by atoms with Gasteiger partial charge in [-0.3, -0.25) is 9.59 Å². The monoisotopic (exact) mass is 289 g/mol. The van der Waals surface area contributed by atoms with Gasteiger partial charge in [0.1, 0.15) is 0 Å². The van der Waals surface area contributed by atoms with Crippen LogP contribution in [0.5, 0.6) is 0 Å². The first-order valence-corrected chi connectivity index (χ1v) is 7.41. The van der Waals surface area contributed by atoms with Crippen LogP contribution in [0.25, 0.3) is 0 Å². The van der Waals surface area contributed by atoms with Crippen molar-refractivity contribution in [1.82, 2.24) is 5.32 Å². The van der Waals surface area contributed by atoms with E-state index in [1.54, 1.807) is 31.2 Å². The fourth-order valence-corrected chi connectivity index (χ4v) is 2.36. The second-order valence-corrected chi connectivity index (χ2v) is 5.83. The second-order valence-electron chi connectivity index (χ2n) is 5.83. The molecule has 0 bridgehead atoms. The van der Waals surface area contributed by atoms with Gasteiger partial charge in [-0.1, -0.05) is 13.0 Å². The van der Waals surface area contributed by atoms with Crippen LogP contribution in [0, 0.1) is 5.92 Å². The first-order valence-electron chi connectivity index (χ1n) is 7.41. The normalized spacial score (nSPS) is 16.9. The molecule has 1 atom stereocenters. The molecular weight excluding hydrogens is 266 g/mol. The van der Waals surface area contributed by atoms with E-state index in [0.717, 1.165) is 12.8 Å².